The fourth-order valence-electron chi connectivity index (χ4n) is 1.67. The van der Waals surface area contributed by atoms with E-state index in [1.54, 1.807) is 25.6 Å². The fourth-order valence-corrected chi connectivity index (χ4v) is 2.67. The third kappa shape index (κ3) is 2.88. The number of nitrogens with zero attached hydrogens (tertiary/aromatic N) is 1. The van der Waals surface area contributed by atoms with Crippen molar-refractivity contribution in [2.24, 2.45) is 5.73 Å². The van der Waals surface area contributed by atoms with Crippen LogP contribution >= 0.6 is 11.3 Å². The number of aromatic nitrogens is 1. The van der Waals surface area contributed by atoms with Gasteiger partial charge in [-0.1, -0.05) is 0 Å². The van der Waals surface area contributed by atoms with Gasteiger partial charge in [-0.15, -0.1) is 11.3 Å². The molecule has 2 rings (SSSR count). The molecule has 102 valence electrons. The normalized spacial score (nSPS) is 11.4. The van der Waals surface area contributed by atoms with Crippen LogP contribution in [0.3, 0.4) is 0 Å². The highest BCUT2D eigenvalue weighted by Gasteiger charge is 2.18. The second-order valence-electron chi connectivity index (χ2n) is 4.83. The van der Waals surface area contributed by atoms with Crippen LogP contribution in [0.1, 0.15) is 19.5 Å². The third-order valence-electron chi connectivity index (χ3n) is 2.79. The van der Waals surface area contributed by atoms with Crippen LogP contribution in [0.25, 0.3) is 10.6 Å². The van der Waals surface area contributed by atoms with E-state index in [4.69, 9.17) is 15.2 Å². The third-order valence-corrected chi connectivity index (χ3v) is 3.69. The summed E-state index contributed by atoms with van der Waals surface area (Å²) in [5.74, 6) is 1.41. The molecule has 1 heterocycles. The summed E-state index contributed by atoms with van der Waals surface area (Å²) in [6, 6.07) is 5.77. The minimum absolute atomic E-state index is 0.425. The molecule has 0 amide bonds. The summed E-state index contributed by atoms with van der Waals surface area (Å²) >= 11 is 1.57. The van der Waals surface area contributed by atoms with E-state index in [0.29, 0.717) is 11.5 Å². The molecule has 0 aliphatic rings. The maximum absolute atomic E-state index is 6.05. The first-order chi connectivity index (χ1) is 8.95. The molecule has 0 spiro atoms. The zero-order chi connectivity index (χ0) is 14.0. The van der Waals surface area contributed by atoms with E-state index in [9.17, 15) is 0 Å². The molecule has 0 atom stereocenters. The van der Waals surface area contributed by atoms with Gasteiger partial charge in [-0.3, -0.25) is 0 Å². The molecule has 1 aromatic heterocycles. The number of ether oxygens (including phenoxy) is 2. The summed E-state index contributed by atoms with van der Waals surface area (Å²) in [6.45, 7) is 3.89. The van der Waals surface area contributed by atoms with Gasteiger partial charge in [0.2, 0.25) is 0 Å². The number of nitrogens with two attached hydrogens (primary N) is 1. The highest BCUT2D eigenvalue weighted by atomic mass is 32.1. The van der Waals surface area contributed by atoms with Crippen molar-refractivity contribution < 1.29 is 9.47 Å². The second-order valence-corrected chi connectivity index (χ2v) is 5.69. The number of benzene rings is 1. The largest absolute Gasteiger partial charge is 0.493 e. The Balaban J connectivity index is 2.39. The number of thiazole rings is 1. The Kier molecular flexibility index (Phi) is 3.78. The zero-order valence-corrected chi connectivity index (χ0v) is 12.4. The highest BCUT2D eigenvalue weighted by molar-refractivity contribution is 7.13. The van der Waals surface area contributed by atoms with Gasteiger partial charge in [-0.2, -0.15) is 0 Å². The first-order valence-electron chi connectivity index (χ1n) is 5.93. The Hall–Kier alpha value is -1.59. The molecule has 0 radical (unpaired) electrons. The Bertz CT molecular complexity index is 573. The van der Waals surface area contributed by atoms with E-state index in [-0.39, 0.29) is 0 Å². The summed E-state index contributed by atoms with van der Waals surface area (Å²) < 4.78 is 10.5. The van der Waals surface area contributed by atoms with Gasteiger partial charge in [0.15, 0.2) is 11.5 Å². The van der Waals surface area contributed by atoms with Gasteiger partial charge in [0.1, 0.15) is 5.01 Å². The predicted octanol–water partition coefficient (Wildman–Crippen LogP) is 3.02. The van der Waals surface area contributed by atoms with E-state index < -0.39 is 5.54 Å². The number of methoxy groups -OCH3 is 2. The maximum Gasteiger partial charge on any atom is 0.161 e. The molecule has 19 heavy (non-hydrogen) atoms. The Morgan fingerprint density at radius 1 is 1.16 bits per heavy atom. The van der Waals surface area contributed by atoms with Crippen molar-refractivity contribution in [3.8, 4) is 22.1 Å². The fraction of sp³-hybridized carbons (Fsp3) is 0.357. The van der Waals surface area contributed by atoms with Crippen molar-refractivity contribution in [2.75, 3.05) is 14.2 Å². The molecule has 0 aliphatic heterocycles. The van der Waals surface area contributed by atoms with E-state index in [2.05, 4.69) is 4.98 Å². The molecule has 2 aromatic rings. The smallest absolute Gasteiger partial charge is 0.161 e. The molecular formula is C14H18N2O2S. The lowest BCUT2D eigenvalue weighted by Crippen LogP contribution is -2.28. The molecule has 4 nitrogen and oxygen atoms in total. The standard InChI is InChI=1S/C14H18N2O2S/c1-14(2,15)12-8-19-13(16-12)9-5-6-10(17-3)11(7-9)18-4/h5-8H,15H2,1-4H3. The zero-order valence-electron chi connectivity index (χ0n) is 11.6. The van der Waals surface area contributed by atoms with E-state index in [0.717, 1.165) is 16.3 Å². The average Bonchev–Trinajstić information content (AvgIpc) is 2.87. The molecular weight excluding hydrogens is 260 g/mol. The van der Waals surface area contributed by atoms with Crippen LogP contribution in [0.5, 0.6) is 11.5 Å². The monoisotopic (exact) mass is 278 g/mol. The molecule has 0 unspecified atom stereocenters. The van der Waals surface area contributed by atoms with Gasteiger partial charge in [0.05, 0.1) is 25.5 Å². The lowest BCUT2D eigenvalue weighted by Gasteiger charge is -2.14. The van der Waals surface area contributed by atoms with Crippen molar-refractivity contribution in [3.05, 3.63) is 29.3 Å². The van der Waals surface area contributed by atoms with Crippen molar-refractivity contribution in [2.45, 2.75) is 19.4 Å². The number of rotatable bonds is 4. The van der Waals surface area contributed by atoms with E-state index in [1.807, 2.05) is 37.4 Å². The van der Waals surface area contributed by atoms with Crippen LogP contribution in [0.2, 0.25) is 0 Å². The van der Waals surface area contributed by atoms with E-state index >= 15 is 0 Å². The van der Waals surface area contributed by atoms with Gasteiger partial charge < -0.3 is 15.2 Å². The van der Waals surface area contributed by atoms with Crippen LogP contribution < -0.4 is 15.2 Å². The van der Waals surface area contributed by atoms with Crippen LogP contribution in [-0.4, -0.2) is 19.2 Å². The van der Waals surface area contributed by atoms with Crippen LogP contribution in [-0.2, 0) is 5.54 Å². The summed E-state index contributed by atoms with van der Waals surface area (Å²) in [7, 11) is 3.24. The maximum atomic E-state index is 6.05. The molecule has 1 aromatic carbocycles. The van der Waals surface area contributed by atoms with Gasteiger partial charge in [0, 0.05) is 10.9 Å². The molecule has 0 bridgehead atoms. The van der Waals surface area contributed by atoms with Crippen LogP contribution in [0.4, 0.5) is 0 Å². The van der Waals surface area contributed by atoms with E-state index in [1.165, 1.54) is 0 Å². The molecule has 0 aliphatic carbocycles. The summed E-state index contributed by atoms with van der Waals surface area (Å²) in [5, 5.41) is 2.92. The topological polar surface area (TPSA) is 57.4 Å². The van der Waals surface area contributed by atoms with Crippen molar-refractivity contribution >= 4 is 11.3 Å². The molecule has 2 N–H and O–H groups in total. The lowest BCUT2D eigenvalue weighted by atomic mass is 10.0. The van der Waals surface area contributed by atoms with Crippen molar-refractivity contribution in [3.63, 3.8) is 0 Å². The summed E-state index contributed by atoms with van der Waals surface area (Å²) in [5.41, 5.74) is 7.51. The molecule has 5 heteroatoms. The quantitative estimate of drug-likeness (QED) is 0.934. The highest BCUT2D eigenvalue weighted by Crippen LogP contribution is 2.34. The SMILES string of the molecule is COc1ccc(-c2nc(C(C)(C)N)cs2)cc1OC. The lowest BCUT2D eigenvalue weighted by molar-refractivity contribution is 0.355. The van der Waals surface area contributed by atoms with Gasteiger partial charge >= 0.3 is 0 Å². The Morgan fingerprint density at radius 3 is 2.37 bits per heavy atom. The molecule has 0 fully saturated rings. The summed E-state index contributed by atoms with van der Waals surface area (Å²) in [6.07, 6.45) is 0. The molecule has 0 saturated heterocycles. The minimum atomic E-state index is -0.425. The Morgan fingerprint density at radius 2 is 1.84 bits per heavy atom. The summed E-state index contributed by atoms with van der Waals surface area (Å²) in [4.78, 5) is 4.58. The average molecular weight is 278 g/mol. The minimum Gasteiger partial charge on any atom is -0.493 e. The Labute approximate surface area is 117 Å². The van der Waals surface area contributed by atoms with Crippen molar-refractivity contribution in [1.29, 1.82) is 0 Å². The van der Waals surface area contributed by atoms with Gasteiger partial charge in [-0.25, -0.2) is 4.98 Å². The van der Waals surface area contributed by atoms with Gasteiger partial charge in [-0.05, 0) is 32.0 Å². The van der Waals surface area contributed by atoms with Crippen LogP contribution in [0.15, 0.2) is 23.6 Å². The van der Waals surface area contributed by atoms with Crippen LogP contribution in [0, 0.1) is 0 Å². The van der Waals surface area contributed by atoms with Gasteiger partial charge in [0.25, 0.3) is 0 Å². The first kappa shape index (κ1) is 13.8. The van der Waals surface area contributed by atoms with Crippen molar-refractivity contribution in [1.82, 2.24) is 4.98 Å². The number of hydrogen-bond donors (Lipinski definition) is 1. The second kappa shape index (κ2) is 5.19. The predicted molar refractivity (Wildman–Crippen MR) is 77.9 cm³/mol. The number of hydrogen-bond acceptors (Lipinski definition) is 5. The first-order valence-corrected chi connectivity index (χ1v) is 6.81. The molecule has 0 saturated carbocycles.